The fourth-order valence-electron chi connectivity index (χ4n) is 5.83. The minimum Gasteiger partial charge on any atom is -0.400 e. The molecule has 55 heavy (non-hydrogen) atoms. The highest BCUT2D eigenvalue weighted by molar-refractivity contribution is 5.95. The van der Waals surface area contributed by atoms with Crippen molar-refractivity contribution in [1.29, 1.82) is 0 Å². The molecule has 4 aromatic carbocycles. The number of aliphatic hydroxyl groups excluding tert-OH is 2. The third kappa shape index (κ3) is 16.7. The Kier molecular flexibility index (Phi) is 20.6. The van der Waals surface area contributed by atoms with Crippen LogP contribution in [0.15, 0.2) is 109 Å². The summed E-state index contributed by atoms with van der Waals surface area (Å²) in [6.07, 6.45) is 14.7. The second-order valence-electron chi connectivity index (χ2n) is 12.8. The molecular formula is C45H54N4O6. The summed E-state index contributed by atoms with van der Waals surface area (Å²) < 4.78 is 0. The number of ketones is 1. The molecule has 1 aliphatic heterocycles. The highest BCUT2D eigenvalue weighted by atomic mass is 16.3. The minimum atomic E-state index is -0.732. The summed E-state index contributed by atoms with van der Waals surface area (Å²) in [6, 6.07) is 33.8. The molecule has 0 saturated carbocycles. The Morgan fingerprint density at radius 1 is 0.818 bits per heavy atom. The van der Waals surface area contributed by atoms with E-state index in [1.807, 2.05) is 121 Å². The number of Topliss-reactive ketones (excluding diaryl/α,β-unsaturated/α-hetero) is 1. The number of nitrogen functional groups attached to an aromatic ring is 1. The Morgan fingerprint density at radius 2 is 1.33 bits per heavy atom. The number of likely N-dealkylation sites (tertiary alicyclic amines) is 1. The third-order valence-corrected chi connectivity index (χ3v) is 8.46. The van der Waals surface area contributed by atoms with Gasteiger partial charge in [0.25, 0.3) is 0 Å². The molecule has 290 valence electrons. The van der Waals surface area contributed by atoms with Crippen LogP contribution < -0.4 is 11.1 Å². The summed E-state index contributed by atoms with van der Waals surface area (Å²) in [5.41, 5.74) is 11.0. The van der Waals surface area contributed by atoms with E-state index in [2.05, 4.69) is 18.2 Å². The molecule has 4 aromatic rings. The zero-order valence-electron chi connectivity index (χ0n) is 32.0. The van der Waals surface area contributed by atoms with Gasteiger partial charge in [-0.3, -0.25) is 19.2 Å². The van der Waals surface area contributed by atoms with Crippen molar-refractivity contribution in [3.63, 3.8) is 0 Å². The lowest BCUT2D eigenvalue weighted by Gasteiger charge is -2.34. The predicted molar refractivity (Wildman–Crippen MR) is 221 cm³/mol. The van der Waals surface area contributed by atoms with Crippen molar-refractivity contribution in [2.45, 2.75) is 58.1 Å². The van der Waals surface area contributed by atoms with Gasteiger partial charge >= 0.3 is 0 Å². The molecule has 2 atom stereocenters. The topological polar surface area (TPSA) is 153 Å². The smallest absolute Gasteiger partial charge is 0.243 e. The normalized spacial score (nSPS) is 13.7. The van der Waals surface area contributed by atoms with Crippen LogP contribution in [-0.4, -0.2) is 82.4 Å². The number of anilines is 2. The molecule has 5 rings (SSSR count). The van der Waals surface area contributed by atoms with E-state index < -0.39 is 6.10 Å². The molecule has 10 heteroatoms. The molecule has 10 nitrogen and oxygen atoms in total. The van der Waals surface area contributed by atoms with E-state index in [0.29, 0.717) is 12.1 Å². The summed E-state index contributed by atoms with van der Waals surface area (Å²) in [6.45, 7) is 3.86. The number of nitrogens with one attached hydrogen (secondary N) is 1. The van der Waals surface area contributed by atoms with E-state index in [9.17, 15) is 24.3 Å². The number of benzene rings is 4. The fourth-order valence-corrected chi connectivity index (χ4v) is 5.83. The number of terminal acetylenes is 1. The van der Waals surface area contributed by atoms with Gasteiger partial charge in [0.2, 0.25) is 17.7 Å². The number of amides is 3. The summed E-state index contributed by atoms with van der Waals surface area (Å²) in [7, 11) is 1.00. The van der Waals surface area contributed by atoms with Crippen molar-refractivity contribution in [2.24, 2.45) is 0 Å². The molecule has 5 N–H and O–H groups in total. The van der Waals surface area contributed by atoms with Crippen molar-refractivity contribution >= 4 is 47.0 Å². The quantitative estimate of drug-likeness (QED) is 0.0802. The van der Waals surface area contributed by atoms with Crippen LogP contribution in [0.1, 0.15) is 55.4 Å². The van der Waals surface area contributed by atoms with Crippen molar-refractivity contribution in [1.82, 2.24) is 9.80 Å². The van der Waals surface area contributed by atoms with Gasteiger partial charge in [-0.1, -0.05) is 97.1 Å². The number of nitrogens with zero attached hydrogens (tertiary/aromatic N) is 2. The van der Waals surface area contributed by atoms with Crippen LogP contribution in [0.25, 0.3) is 12.2 Å². The number of piperidine rings is 1. The third-order valence-electron chi connectivity index (χ3n) is 8.46. The van der Waals surface area contributed by atoms with Gasteiger partial charge in [-0.2, -0.15) is 0 Å². The van der Waals surface area contributed by atoms with E-state index >= 15 is 0 Å². The molecule has 0 aromatic heterocycles. The molecule has 1 saturated heterocycles. The number of carbonyl (C=O) groups is 4. The highest BCUT2D eigenvalue weighted by Crippen LogP contribution is 2.19. The van der Waals surface area contributed by atoms with Crippen molar-refractivity contribution in [2.75, 3.05) is 37.8 Å². The summed E-state index contributed by atoms with van der Waals surface area (Å²) in [4.78, 5) is 52.3. The van der Waals surface area contributed by atoms with Gasteiger partial charge in [0.1, 0.15) is 0 Å². The lowest BCUT2D eigenvalue weighted by Crippen LogP contribution is -2.47. The number of hydrogen-bond acceptors (Lipinski definition) is 7. The van der Waals surface area contributed by atoms with Gasteiger partial charge in [-0.05, 0) is 79.6 Å². The number of hydrogen-bond donors (Lipinski definition) is 4. The predicted octanol–water partition coefficient (Wildman–Crippen LogP) is 5.89. The van der Waals surface area contributed by atoms with Gasteiger partial charge in [0.05, 0.1) is 31.5 Å². The number of carbonyl (C=O) groups excluding carboxylic acids is 4. The van der Waals surface area contributed by atoms with Gasteiger partial charge in [0, 0.05) is 31.6 Å². The van der Waals surface area contributed by atoms with Crippen LogP contribution in [0, 0.1) is 12.8 Å². The lowest BCUT2D eigenvalue weighted by atomic mass is 9.98. The van der Waals surface area contributed by atoms with E-state index in [4.69, 9.17) is 10.8 Å². The number of aliphatic hydroxyl groups is 2. The minimum absolute atomic E-state index is 0.0705. The van der Waals surface area contributed by atoms with Crippen LogP contribution in [0.4, 0.5) is 11.4 Å². The van der Waals surface area contributed by atoms with E-state index in [-0.39, 0.29) is 49.1 Å². The van der Waals surface area contributed by atoms with Crippen LogP contribution in [0.5, 0.6) is 0 Å². The molecular weight excluding hydrogens is 693 g/mol. The van der Waals surface area contributed by atoms with Gasteiger partial charge in [-0.15, -0.1) is 12.8 Å². The van der Waals surface area contributed by atoms with Crippen molar-refractivity contribution in [3.05, 3.63) is 131 Å². The van der Waals surface area contributed by atoms with Crippen LogP contribution in [0.3, 0.4) is 0 Å². The Morgan fingerprint density at radius 3 is 1.84 bits per heavy atom. The maximum atomic E-state index is 12.7. The molecule has 0 radical (unpaired) electrons. The standard InChI is InChI=1S/C27H29N3O3.C15H19NO2.C2H2.CH4O/c1-20(31)18-30(27(33)17-23-5-3-2-4-6-23)19-26(32)29-25-15-11-22(12-16-25)8-7-21-9-13-24(28)14-10-21;1-12(17)14-9-5-6-10-16(14)15(18)11-13-7-3-2-4-8-13;2*1-2/h2-16,20,31H,17-19,28H2,1H3,(H,29,32);2-4,7-8,14H,5-6,9-11H2,1H3;1-2H;2H,1H3/b8-7+;;;/t20-;14-;;/m10../s1. The van der Waals surface area contributed by atoms with E-state index in [1.54, 1.807) is 18.7 Å². The first-order valence-electron chi connectivity index (χ1n) is 18.1. The molecule has 0 bridgehead atoms. The van der Waals surface area contributed by atoms with E-state index in [0.717, 1.165) is 60.9 Å². The summed E-state index contributed by atoms with van der Waals surface area (Å²) in [5.74, 6) is -0.347. The zero-order chi connectivity index (χ0) is 40.6. The first kappa shape index (κ1) is 45.1. The average Bonchev–Trinajstić information content (AvgIpc) is 3.20. The Labute approximate surface area is 325 Å². The van der Waals surface area contributed by atoms with Crippen LogP contribution in [-0.2, 0) is 32.0 Å². The Hall–Kier alpha value is -6.02. The molecule has 0 aliphatic carbocycles. The molecule has 1 fully saturated rings. The highest BCUT2D eigenvalue weighted by Gasteiger charge is 2.29. The Bertz CT molecular complexity index is 1790. The number of nitrogens with two attached hydrogens (primary N) is 1. The van der Waals surface area contributed by atoms with Crippen molar-refractivity contribution < 1.29 is 29.4 Å². The maximum absolute atomic E-state index is 12.7. The van der Waals surface area contributed by atoms with E-state index in [1.165, 1.54) is 4.90 Å². The second kappa shape index (κ2) is 25.1. The maximum Gasteiger partial charge on any atom is 0.243 e. The largest absolute Gasteiger partial charge is 0.400 e. The Balaban J connectivity index is 0.000000400. The zero-order valence-corrected chi connectivity index (χ0v) is 32.0. The van der Waals surface area contributed by atoms with Gasteiger partial charge in [0.15, 0.2) is 5.78 Å². The summed E-state index contributed by atoms with van der Waals surface area (Å²) >= 11 is 0. The van der Waals surface area contributed by atoms with Crippen LogP contribution >= 0.6 is 0 Å². The van der Waals surface area contributed by atoms with Crippen molar-refractivity contribution in [3.8, 4) is 12.8 Å². The van der Waals surface area contributed by atoms with Gasteiger partial charge < -0.3 is 31.1 Å². The first-order valence-corrected chi connectivity index (χ1v) is 18.1. The molecule has 0 unspecified atom stereocenters. The van der Waals surface area contributed by atoms with Crippen LogP contribution in [0.2, 0.25) is 0 Å². The SMILES string of the molecule is C#C.CC(=O)[C@@H]1CCCCN1C(=O)Cc1ccccc1.CO.C[C@@H](O)CN(CC(=O)Nc1ccc(/C=C/c2ccc(N)cc2)cc1)C(=O)Cc1ccccc1. The van der Waals surface area contributed by atoms with Gasteiger partial charge in [-0.25, -0.2) is 0 Å². The molecule has 1 heterocycles. The first-order chi connectivity index (χ1) is 26.6. The molecule has 0 spiro atoms. The fraction of sp³-hybridized carbons (Fsp3) is 0.289. The lowest BCUT2D eigenvalue weighted by molar-refractivity contribution is -0.140. The second-order valence-corrected chi connectivity index (χ2v) is 12.8. The molecule has 1 aliphatic rings. The number of rotatable bonds is 12. The molecule has 3 amide bonds. The monoisotopic (exact) mass is 746 g/mol. The summed E-state index contributed by atoms with van der Waals surface area (Å²) in [5, 5.41) is 19.6. The average molecular weight is 747 g/mol.